The van der Waals surface area contributed by atoms with Crippen LogP contribution in [0.5, 0.6) is 0 Å². The first kappa shape index (κ1) is 24.7. The molecule has 5 rings (SSSR count). The van der Waals surface area contributed by atoms with Crippen LogP contribution in [0, 0.1) is 5.82 Å². The number of aryl methyl sites for hydroxylation is 1. The maximum absolute atomic E-state index is 13.5. The van der Waals surface area contributed by atoms with Gasteiger partial charge in [-0.1, -0.05) is 36.4 Å². The molecule has 190 valence electrons. The molecule has 0 saturated carbocycles. The zero-order valence-corrected chi connectivity index (χ0v) is 20.7. The van der Waals surface area contributed by atoms with Crippen LogP contribution in [-0.2, 0) is 16.0 Å². The molecule has 0 unspecified atom stereocenters. The van der Waals surface area contributed by atoms with Crippen LogP contribution < -0.4 is 10.6 Å². The van der Waals surface area contributed by atoms with Crippen molar-refractivity contribution in [2.75, 3.05) is 25.0 Å². The summed E-state index contributed by atoms with van der Waals surface area (Å²) in [5, 5.41) is 7.19. The minimum absolute atomic E-state index is 0.0237. The molecule has 2 heterocycles. The van der Waals surface area contributed by atoms with Gasteiger partial charge in [-0.2, -0.15) is 0 Å². The molecule has 4 aromatic rings. The van der Waals surface area contributed by atoms with Crippen molar-refractivity contribution in [3.8, 4) is 11.3 Å². The Morgan fingerprint density at radius 2 is 1.59 bits per heavy atom. The lowest BCUT2D eigenvalue weighted by molar-refractivity contribution is -0.122. The van der Waals surface area contributed by atoms with Crippen molar-refractivity contribution in [1.29, 1.82) is 0 Å². The SMILES string of the molecule is O=C(CN1CCC(NC(=O)CCc2c(-c3ccc(F)cc3)[nH]c3ccccc23)CC1)Nc1ccccc1. The molecule has 1 fully saturated rings. The summed E-state index contributed by atoms with van der Waals surface area (Å²) in [6, 6.07) is 24.0. The van der Waals surface area contributed by atoms with Crippen LogP contribution in [-0.4, -0.2) is 47.4 Å². The molecule has 37 heavy (non-hydrogen) atoms. The Morgan fingerprint density at radius 1 is 0.892 bits per heavy atom. The number of nitrogens with zero attached hydrogens (tertiary/aromatic N) is 1. The van der Waals surface area contributed by atoms with E-state index in [1.165, 1.54) is 12.1 Å². The number of benzene rings is 3. The Labute approximate surface area is 215 Å². The van der Waals surface area contributed by atoms with Crippen molar-refractivity contribution >= 4 is 28.4 Å². The first-order valence-corrected chi connectivity index (χ1v) is 12.8. The summed E-state index contributed by atoms with van der Waals surface area (Å²) < 4.78 is 13.5. The quantitative estimate of drug-likeness (QED) is 0.315. The number of halogens is 1. The van der Waals surface area contributed by atoms with Gasteiger partial charge in [-0.05, 0) is 72.9 Å². The monoisotopic (exact) mass is 498 g/mol. The van der Waals surface area contributed by atoms with Gasteiger partial charge in [0, 0.05) is 47.8 Å². The Bertz CT molecular complexity index is 1360. The smallest absolute Gasteiger partial charge is 0.238 e. The number of amides is 2. The summed E-state index contributed by atoms with van der Waals surface area (Å²) >= 11 is 0. The Balaban J connectivity index is 1.13. The molecule has 1 saturated heterocycles. The van der Waals surface area contributed by atoms with Gasteiger partial charge in [-0.15, -0.1) is 0 Å². The molecule has 1 aromatic heterocycles. The van der Waals surface area contributed by atoms with Crippen molar-refractivity contribution in [2.24, 2.45) is 0 Å². The van der Waals surface area contributed by atoms with E-state index in [1.807, 2.05) is 48.5 Å². The molecule has 0 spiro atoms. The molecule has 2 amide bonds. The number of fused-ring (bicyclic) bond motifs is 1. The van der Waals surface area contributed by atoms with E-state index in [9.17, 15) is 14.0 Å². The van der Waals surface area contributed by atoms with Gasteiger partial charge >= 0.3 is 0 Å². The van der Waals surface area contributed by atoms with Crippen LogP contribution in [0.15, 0.2) is 78.9 Å². The van der Waals surface area contributed by atoms with E-state index in [0.29, 0.717) is 19.4 Å². The van der Waals surface area contributed by atoms with Crippen molar-refractivity contribution in [3.05, 3.63) is 90.2 Å². The largest absolute Gasteiger partial charge is 0.354 e. The summed E-state index contributed by atoms with van der Waals surface area (Å²) in [5.41, 5.74) is 4.69. The molecule has 1 aliphatic heterocycles. The zero-order chi connectivity index (χ0) is 25.6. The van der Waals surface area contributed by atoms with Gasteiger partial charge < -0.3 is 15.6 Å². The number of piperidine rings is 1. The van der Waals surface area contributed by atoms with Crippen LogP contribution in [0.1, 0.15) is 24.8 Å². The first-order chi connectivity index (χ1) is 18.0. The van der Waals surface area contributed by atoms with E-state index in [2.05, 4.69) is 26.6 Å². The summed E-state index contributed by atoms with van der Waals surface area (Å²) in [7, 11) is 0. The van der Waals surface area contributed by atoms with Crippen LogP contribution in [0.2, 0.25) is 0 Å². The fraction of sp³-hybridized carbons (Fsp3) is 0.267. The van der Waals surface area contributed by atoms with E-state index < -0.39 is 0 Å². The molecular weight excluding hydrogens is 467 g/mol. The number of likely N-dealkylation sites (tertiary alicyclic amines) is 1. The highest BCUT2D eigenvalue weighted by Gasteiger charge is 2.22. The van der Waals surface area contributed by atoms with E-state index in [-0.39, 0.29) is 23.7 Å². The zero-order valence-electron chi connectivity index (χ0n) is 20.7. The molecule has 0 radical (unpaired) electrons. The predicted molar refractivity (Wildman–Crippen MR) is 145 cm³/mol. The predicted octanol–water partition coefficient (Wildman–Crippen LogP) is 5.13. The number of nitrogens with one attached hydrogen (secondary N) is 3. The minimum atomic E-state index is -0.274. The lowest BCUT2D eigenvalue weighted by atomic mass is 10.00. The number of carbonyl (C=O) groups is 2. The summed E-state index contributed by atoms with van der Waals surface area (Å²) in [5.74, 6) is -0.274. The maximum Gasteiger partial charge on any atom is 0.238 e. The molecular formula is C30H31FN4O2. The van der Waals surface area contributed by atoms with Gasteiger partial charge in [-0.3, -0.25) is 14.5 Å². The third kappa shape index (κ3) is 6.24. The molecule has 7 heteroatoms. The highest BCUT2D eigenvalue weighted by Crippen LogP contribution is 2.31. The van der Waals surface area contributed by atoms with Gasteiger partial charge in [0.2, 0.25) is 11.8 Å². The number of hydrogen-bond acceptors (Lipinski definition) is 3. The maximum atomic E-state index is 13.5. The number of H-pyrrole nitrogens is 1. The Kier molecular flexibility index (Phi) is 7.61. The molecule has 1 aliphatic rings. The highest BCUT2D eigenvalue weighted by molar-refractivity contribution is 5.92. The summed E-state index contributed by atoms with van der Waals surface area (Å²) in [4.78, 5) is 30.8. The summed E-state index contributed by atoms with van der Waals surface area (Å²) in [6.45, 7) is 1.89. The third-order valence-corrected chi connectivity index (χ3v) is 6.93. The van der Waals surface area contributed by atoms with Gasteiger partial charge in [-0.25, -0.2) is 4.39 Å². The second-order valence-electron chi connectivity index (χ2n) is 9.56. The first-order valence-electron chi connectivity index (χ1n) is 12.8. The number of hydrogen-bond donors (Lipinski definition) is 3. The summed E-state index contributed by atoms with van der Waals surface area (Å²) in [6.07, 6.45) is 2.59. The van der Waals surface area contributed by atoms with Gasteiger partial charge in [0.05, 0.1) is 6.54 Å². The molecule has 0 atom stereocenters. The standard InChI is InChI=1S/C30H31FN4O2/c31-22-12-10-21(11-13-22)30-26(25-8-4-5-9-27(25)34-30)14-15-28(36)32-24-16-18-35(19-17-24)20-29(37)33-23-6-2-1-3-7-23/h1-13,24,34H,14-20H2,(H,32,36)(H,33,37). The lowest BCUT2D eigenvalue weighted by Gasteiger charge is -2.31. The van der Waals surface area contributed by atoms with Crippen molar-refractivity contribution in [3.63, 3.8) is 0 Å². The molecule has 0 aliphatic carbocycles. The topological polar surface area (TPSA) is 77.2 Å². The molecule has 6 nitrogen and oxygen atoms in total. The highest BCUT2D eigenvalue weighted by atomic mass is 19.1. The van der Waals surface area contributed by atoms with Crippen LogP contribution in [0.25, 0.3) is 22.2 Å². The second-order valence-corrected chi connectivity index (χ2v) is 9.56. The molecule has 3 N–H and O–H groups in total. The third-order valence-electron chi connectivity index (χ3n) is 6.93. The van der Waals surface area contributed by atoms with E-state index >= 15 is 0 Å². The Morgan fingerprint density at radius 3 is 2.35 bits per heavy atom. The van der Waals surface area contributed by atoms with Crippen LogP contribution in [0.4, 0.5) is 10.1 Å². The number of rotatable bonds is 8. The van der Waals surface area contributed by atoms with E-state index in [4.69, 9.17) is 0 Å². The fourth-order valence-electron chi connectivity index (χ4n) is 5.02. The normalized spacial score (nSPS) is 14.5. The van der Waals surface area contributed by atoms with Gasteiger partial charge in [0.25, 0.3) is 0 Å². The van der Waals surface area contributed by atoms with Crippen molar-refractivity contribution in [1.82, 2.24) is 15.2 Å². The lowest BCUT2D eigenvalue weighted by Crippen LogP contribution is -2.46. The molecule has 3 aromatic carbocycles. The van der Waals surface area contributed by atoms with Crippen molar-refractivity contribution in [2.45, 2.75) is 31.7 Å². The van der Waals surface area contributed by atoms with E-state index in [0.717, 1.165) is 59.3 Å². The number of para-hydroxylation sites is 2. The average Bonchev–Trinajstić information content (AvgIpc) is 3.28. The van der Waals surface area contributed by atoms with Crippen molar-refractivity contribution < 1.29 is 14.0 Å². The van der Waals surface area contributed by atoms with Gasteiger partial charge in [0.1, 0.15) is 5.82 Å². The van der Waals surface area contributed by atoms with E-state index in [1.54, 1.807) is 12.1 Å². The number of carbonyl (C=O) groups excluding carboxylic acids is 2. The van der Waals surface area contributed by atoms with Gasteiger partial charge in [0.15, 0.2) is 0 Å². The average molecular weight is 499 g/mol. The number of aromatic amines is 1. The fourth-order valence-corrected chi connectivity index (χ4v) is 5.02. The van der Waals surface area contributed by atoms with Crippen LogP contribution in [0.3, 0.4) is 0 Å². The van der Waals surface area contributed by atoms with Crippen LogP contribution >= 0.6 is 0 Å². The second kappa shape index (κ2) is 11.4. The minimum Gasteiger partial charge on any atom is -0.354 e. The number of anilines is 1. The number of aromatic nitrogens is 1. The molecule has 0 bridgehead atoms. The Hall–Kier alpha value is -3.97.